The van der Waals surface area contributed by atoms with Gasteiger partial charge in [-0.25, -0.2) is 13.8 Å². The van der Waals surface area contributed by atoms with Gasteiger partial charge in [-0.3, -0.25) is 0 Å². The number of pyridine rings is 1. The Kier molecular flexibility index (Phi) is 4.32. The van der Waals surface area contributed by atoms with Gasteiger partial charge in [-0.15, -0.1) is 22.0 Å². The number of rotatable bonds is 3. The Labute approximate surface area is 140 Å². The van der Waals surface area contributed by atoms with Crippen LogP contribution in [0.15, 0.2) is 35.2 Å². The van der Waals surface area contributed by atoms with E-state index in [1.807, 2.05) is 12.3 Å². The Morgan fingerprint density at radius 1 is 1.04 bits per heavy atom. The molecule has 0 unspecified atom stereocenters. The summed E-state index contributed by atoms with van der Waals surface area (Å²) in [4.78, 5) is 5.10. The van der Waals surface area contributed by atoms with Gasteiger partial charge in [0.1, 0.15) is 22.5 Å². The van der Waals surface area contributed by atoms with Crippen molar-refractivity contribution >= 4 is 23.4 Å². The van der Waals surface area contributed by atoms with Crippen molar-refractivity contribution in [3.05, 3.63) is 47.1 Å². The topological polar surface area (TPSA) is 43.6 Å². The van der Waals surface area contributed by atoms with Gasteiger partial charge in [0.2, 0.25) is 0 Å². The van der Waals surface area contributed by atoms with Crippen molar-refractivity contribution in [1.29, 1.82) is 0 Å². The molecule has 0 atom stereocenters. The van der Waals surface area contributed by atoms with Crippen LogP contribution in [0, 0.1) is 11.6 Å². The van der Waals surface area contributed by atoms with Crippen LogP contribution in [0.3, 0.4) is 0 Å². The van der Waals surface area contributed by atoms with Gasteiger partial charge in [0, 0.05) is 11.9 Å². The van der Waals surface area contributed by atoms with Crippen molar-refractivity contribution in [3.63, 3.8) is 0 Å². The summed E-state index contributed by atoms with van der Waals surface area (Å²) < 4.78 is 29.5. The maximum absolute atomic E-state index is 14.0. The second-order valence-corrected chi connectivity index (χ2v) is 5.92. The van der Waals surface area contributed by atoms with Crippen LogP contribution in [-0.4, -0.2) is 26.0 Å². The van der Waals surface area contributed by atoms with Crippen molar-refractivity contribution in [2.24, 2.45) is 7.05 Å². The first kappa shape index (κ1) is 15.9. The van der Waals surface area contributed by atoms with Crippen LogP contribution >= 0.6 is 23.4 Å². The quantitative estimate of drug-likeness (QED) is 0.523. The lowest BCUT2D eigenvalue weighted by Crippen LogP contribution is -2.01. The lowest BCUT2D eigenvalue weighted by atomic mass is 10.2. The number of hydrogen-bond acceptors (Lipinski definition) is 4. The second kappa shape index (κ2) is 6.25. The zero-order chi connectivity index (χ0) is 16.6. The largest absolute Gasteiger partial charge is 0.309 e. The monoisotopic (exact) mass is 352 g/mol. The minimum absolute atomic E-state index is 0.0874. The Morgan fingerprint density at radius 2 is 1.70 bits per heavy atom. The molecule has 2 aromatic heterocycles. The van der Waals surface area contributed by atoms with E-state index in [0.29, 0.717) is 16.7 Å². The normalized spacial score (nSPS) is 11.0. The molecule has 0 bridgehead atoms. The third kappa shape index (κ3) is 2.82. The molecule has 2 heterocycles. The molecule has 23 heavy (non-hydrogen) atoms. The van der Waals surface area contributed by atoms with Gasteiger partial charge in [-0.1, -0.05) is 17.7 Å². The molecule has 8 heteroatoms. The number of hydrogen-bond donors (Lipinski definition) is 0. The summed E-state index contributed by atoms with van der Waals surface area (Å²) >= 11 is 7.42. The van der Waals surface area contributed by atoms with Crippen LogP contribution in [0.2, 0.25) is 5.15 Å². The molecule has 0 amide bonds. The van der Waals surface area contributed by atoms with E-state index in [-0.39, 0.29) is 11.4 Å². The van der Waals surface area contributed by atoms with E-state index in [9.17, 15) is 8.78 Å². The predicted molar refractivity (Wildman–Crippen MR) is 86.4 cm³/mol. The SMILES string of the molecule is CSc1ccc(Cl)nc1-c1nnc(-c2c(F)cccc2F)n1C. The van der Waals surface area contributed by atoms with Crippen molar-refractivity contribution in [3.8, 4) is 22.9 Å². The standard InChI is InChI=1S/C15H11ClF2N4S/c1-22-14(12-8(17)4-3-5-9(12)18)20-21-15(22)13-10(23-2)6-7-11(16)19-13/h3-7H,1-2H3. The van der Waals surface area contributed by atoms with Crippen LogP contribution in [0.25, 0.3) is 22.9 Å². The van der Waals surface area contributed by atoms with Crippen molar-refractivity contribution in [2.45, 2.75) is 4.90 Å². The van der Waals surface area contributed by atoms with E-state index >= 15 is 0 Å². The van der Waals surface area contributed by atoms with Gasteiger partial charge in [0.15, 0.2) is 11.6 Å². The summed E-state index contributed by atoms with van der Waals surface area (Å²) in [6.07, 6.45) is 1.89. The Bertz CT molecular complexity index is 862. The lowest BCUT2D eigenvalue weighted by Gasteiger charge is -2.08. The molecule has 0 radical (unpaired) electrons. The van der Waals surface area contributed by atoms with E-state index in [1.165, 1.54) is 34.5 Å². The van der Waals surface area contributed by atoms with Gasteiger partial charge in [-0.2, -0.15) is 0 Å². The zero-order valence-corrected chi connectivity index (χ0v) is 13.8. The molecular weight excluding hydrogens is 342 g/mol. The minimum Gasteiger partial charge on any atom is -0.309 e. The highest BCUT2D eigenvalue weighted by molar-refractivity contribution is 7.98. The van der Waals surface area contributed by atoms with Crippen molar-refractivity contribution in [1.82, 2.24) is 19.7 Å². The summed E-state index contributed by atoms with van der Waals surface area (Å²) in [7, 11) is 1.63. The molecule has 3 aromatic rings. The van der Waals surface area contributed by atoms with E-state index in [1.54, 1.807) is 13.1 Å². The van der Waals surface area contributed by atoms with E-state index in [2.05, 4.69) is 15.2 Å². The summed E-state index contributed by atoms with van der Waals surface area (Å²) in [5.41, 5.74) is 0.296. The van der Waals surface area contributed by atoms with E-state index < -0.39 is 11.6 Å². The molecular formula is C15H11ClF2N4S. The summed E-state index contributed by atoms with van der Waals surface area (Å²) in [5, 5.41) is 8.27. The molecule has 1 aromatic carbocycles. The molecule has 0 aliphatic carbocycles. The fourth-order valence-corrected chi connectivity index (χ4v) is 2.89. The fourth-order valence-electron chi connectivity index (χ4n) is 2.21. The Balaban J connectivity index is 2.20. The highest BCUT2D eigenvalue weighted by Crippen LogP contribution is 2.31. The average molecular weight is 353 g/mol. The third-order valence-electron chi connectivity index (χ3n) is 3.32. The maximum Gasteiger partial charge on any atom is 0.183 e. The van der Waals surface area contributed by atoms with Crippen LogP contribution in [0.4, 0.5) is 8.78 Å². The molecule has 4 nitrogen and oxygen atoms in total. The number of nitrogens with zero attached hydrogens (tertiary/aromatic N) is 4. The molecule has 0 spiro atoms. The number of halogens is 3. The molecule has 0 saturated heterocycles. The van der Waals surface area contributed by atoms with Gasteiger partial charge in [0.25, 0.3) is 0 Å². The lowest BCUT2D eigenvalue weighted by molar-refractivity contribution is 0.586. The van der Waals surface area contributed by atoms with Gasteiger partial charge < -0.3 is 4.57 Å². The molecule has 0 fully saturated rings. The molecule has 0 saturated carbocycles. The summed E-state index contributed by atoms with van der Waals surface area (Å²) in [6, 6.07) is 7.14. The minimum atomic E-state index is -0.698. The van der Waals surface area contributed by atoms with Crippen LogP contribution < -0.4 is 0 Å². The Morgan fingerprint density at radius 3 is 2.35 bits per heavy atom. The predicted octanol–water partition coefficient (Wildman–Crippen LogP) is 4.20. The van der Waals surface area contributed by atoms with Gasteiger partial charge >= 0.3 is 0 Å². The molecule has 3 rings (SSSR count). The number of aromatic nitrogens is 4. The number of thioether (sulfide) groups is 1. The zero-order valence-electron chi connectivity index (χ0n) is 12.2. The van der Waals surface area contributed by atoms with Crippen LogP contribution in [0.5, 0.6) is 0 Å². The molecule has 118 valence electrons. The van der Waals surface area contributed by atoms with E-state index in [0.717, 1.165) is 4.90 Å². The van der Waals surface area contributed by atoms with Crippen LogP contribution in [-0.2, 0) is 7.05 Å². The fraction of sp³-hybridized carbons (Fsp3) is 0.133. The van der Waals surface area contributed by atoms with E-state index in [4.69, 9.17) is 11.6 Å². The highest BCUT2D eigenvalue weighted by Gasteiger charge is 2.21. The van der Waals surface area contributed by atoms with Crippen molar-refractivity contribution < 1.29 is 8.78 Å². The van der Waals surface area contributed by atoms with Gasteiger partial charge in [0.05, 0.1) is 5.56 Å². The first-order valence-corrected chi connectivity index (χ1v) is 8.18. The average Bonchev–Trinajstić information content (AvgIpc) is 2.89. The highest BCUT2D eigenvalue weighted by atomic mass is 35.5. The van der Waals surface area contributed by atoms with Crippen LogP contribution in [0.1, 0.15) is 0 Å². The first-order chi connectivity index (χ1) is 11.0. The second-order valence-electron chi connectivity index (χ2n) is 4.69. The van der Waals surface area contributed by atoms with Gasteiger partial charge in [-0.05, 0) is 30.5 Å². The number of benzene rings is 1. The summed E-state index contributed by atoms with van der Waals surface area (Å²) in [6.45, 7) is 0. The smallest absolute Gasteiger partial charge is 0.183 e. The first-order valence-electron chi connectivity index (χ1n) is 6.57. The third-order valence-corrected chi connectivity index (χ3v) is 4.30. The molecule has 0 N–H and O–H groups in total. The molecule has 0 aliphatic rings. The maximum atomic E-state index is 14.0. The molecule has 0 aliphatic heterocycles. The summed E-state index contributed by atoms with van der Waals surface area (Å²) in [5.74, 6) is -0.925. The Hall–Kier alpha value is -1.99. The van der Waals surface area contributed by atoms with Crippen molar-refractivity contribution in [2.75, 3.05) is 6.26 Å².